The van der Waals surface area contributed by atoms with Crippen LogP contribution in [-0.2, 0) is 18.9 Å². The Balaban J connectivity index is 1.92. The highest BCUT2D eigenvalue weighted by atomic mass is 16.8. The normalized spacial score (nSPS) is 37.7. The topological polar surface area (TPSA) is 77.4 Å². The van der Waals surface area contributed by atoms with Crippen LogP contribution in [-0.4, -0.2) is 59.4 Å². The first-order valence-electron chi connectivity index (χ1n) is 6.20. The number of aliphatic hydroxyl groups is 2. The molecule has 0 aromatic carbocycles. The van der Waals surface area contributed by atoms with Crippen LogP contribution in [0.5, 0.6) is 0 Å². The molecule has 2 saturated heterocycles. The number of rotatable bonds is 3. The van der Waals surface area contributed by atoms with E-state index in [0.717, 1.165) is 0 Å². The highest BCUT2D eigenvalue weighted by molar-refractivity contribution is 4.88. The van der Waals surface area contributed by atoms with Crippen molar-refractivity contribution in [1.29, 1.82) is 0 Å². The van der Waals surface area contributed by atoms with Crippen LogP contribution in [0.4, 0.5) is 0 Å². The molecule has 6 nitrogen and oxygen atoms in total. The van der Waals surface area contributed by atoms with E-state index in [1.165, 1.54) is 0 Å². The summed E-state index contributed by atoms with van der Waals surface area (Å²) in [5.74, 6) is -1.45. The van der Waals surface area contributed by atoms with Gasteiger partial charge < -0.3 is 29.2 Å². The van der Waals surface area contributed by atoms with E-state index >= 15 is 0 Å². The average molecular weight is 262 g/mol. The third-order valence-electron chi connectivity index (χ3n) is 3.17. The van der Waals surface area contributed by atoms with Crippen molar-refractivity contribution in [3.8, 4) is 0 Å². The van der Waals surface area contributed by atoms with Gasteiger partial charge in [0.25, 0.3) is 0 Å². The van der Waals surface area contributed by atoms with Crippen molar-refractivity contribution in [3.05, 3.63) is 0 Å². The van der Waals surface area contributed by atoms with Crippen LogP contribution in [0.3, 0.4) is 0 Å². The molecule has 6 heteroatoms. The smallest absolute Gasteiger partial charge is 0.163 e. The first-order chi connectivity index (χ1) is 8.20. The molecule has 0 aromatic heterocycles. The molecule has 0 aromatic rings. The van der Waals surface area contributed by atoms with E-state index in [1.807, 2.05) is 0 Å². The molecule has 2 aliphatic rings. The molecule has 0 saturated carbocycles. The molecule has 0 spiro atoms. The SMILES string of the molecule is CC1(C)OC[C@@H]([C@@H](O)[C@H](O)[C@H]2COC(C)(C)O2)O1. The zero-order chi connectivity index (χ0) is 13.6. The Labute approximate surface area is 107 Å². The molecule has 2 aliphatic heterocycles. The summed E-state index contributed by atoms with van der Waals surface area (Å²) in [5.41, 5.74) is 0. The van der Waals surface area contributed by atoms with Crippen LogP contribution in [0.25, 0.3) is 0 Å². The summed E-state index contributed by atoms with van der Waals surface area (Å²) in [6, 6.07) is 0. The summed E-state index contributed by atoms with van der Waals surface area (Å²) < 4.78 is 21.8. The lowest BCUT2D eigenvalue weighted by atomic mass is 10.0. The van der Waals surface area contributed by atoms with Gasteiger partial charge in [0.1, 0.15) is 24.4 Å². The van der Waals surface area contributed by atoms with Crippen molar-refractivity contribution < 1.29 is 29.2 Å². The van der Waals surface area contributed by atoms with Gasteiger partial charge >= 0.3 is 0 Å². The van der Waals surface area contributed by atoms with E-state index in [1.54, 1.807) is 27.7 Å². The van der Waals surface area contributed by atoms with Gasteiger partial charge in [0.2, 0.25) is 0 Å². The second-order valence-corrected chi connectivity index (χ2v) is 5.72. The van der Waals surface area contributed by atoms with Crippen LogP contribution in [0, 0.1) is 0 Å². The van der Waals surface area contributed by atoms with Gasteiger partial charge in [-0.05, 0) is 27.7 Å². The molecule has 2 heterocycles. The fourth-order valence-electron chi connectivity index (χ4n) is 2.21. The molecule has 0 bridgehead atoms. The van der Waals surface area contributed by atoms with E-state index in [4.69, 9.17) is 18.9 Å². The third-order valence-corrected chi connectivity index (χ3v) is 3.17. The van der Waals surface area contributed by atoms with Crippen LogP contribution in [0.15, 0.2) is 0 Å². The molecule has 0 unspecified atom stereocenters. The Morgan fingerprint density at radius 3 is 1.39 bits per heavy atom. The highest BCUT2D eigenvalue weighted by Crippen LogP contribution is 2.29. The third kappa shape index (κ3) is 3.01. The minimum Gasteiger partial charge on any atom is -0.387 e. The number of hydrogen-bond donors (Lipinski definition) is 2. The first-order valence-corrected chi connectivity index (χ1v) is 6.20. The van der Waals surface area contributed by atoms with E-state index in [0.29, 0.717) is 0 Å². The van der Waals surface area contributed by atoms with E-state index in [2.05, 4.69) is 0 Å². The van der Waals surface area contributed by atoms with Crippen molar-refractivity contribution in [2.24, 2.45) is 0 Å². The average Bonchev–Trinajstić information content (AvgIpc) is 2.79. The zero-order valence-electron chi connectivity index (χ0n) is 11.3. The van der Waals surface area contributed by atoms with Crippen LogP contribution in [0.1, 0.15) is 27.7 Å². The summed E-state index contributed by atoms with van der Waals surface area (Å²) in [7, 11) is 0. The van der Waals surface area contributed by atoms with E-state index in [9.17, 15) is 10.2 Å². The van der Waals surface area contributed by atoms with Crippen LogP contribution >= 0.6 is 0 Å². The number of aliphatic hydroxyl groups excluding tert-OH is 2. The maximum absolute atomic E-state index is 10.1. The molecule has 0 aliphatic carbocycles. The number of hydrogen-bond acceptors (Lipinski definition) is 6. The highest BCUT2D eigenvalue weighted by Gasteiger charge is 2.45. The van der Waals surface area contributed by atoms with Crippen molar-refractivity contribution >= 4 is 0 Å². The second-order valence-electron chi connectivity index (χ2n) is 5.72. The predicted octanol–water partition coefficient (Wildman–Crippen LogP) is 0.0112. The van der Waals surface area contributed by atoms with E-state index < -0.39 is 36.0 Å². The molecule has 2 fully saturated rings. The number of ether oxygens (including phenoxy) is 4. The van der Waals surface area contributed by atoms with Gasteiger partial charge in [-0.2, -0.15) is 0 Å². The van der Waals surface area contributed by atoms with Gasteiger partial charge in [-0.15, -0.1) is 0 Å². The quantitative estimate of drug-likeness (QED) is 0.746. The van der Waals surface area contributed by atoms with Gasteiger partial charge in [0, 0.05) is 0 Å². The zero-order valence-corrected chi connectivity index (χ0v) is 11.3. The summed E-state index contributed by atoms with van der Waals surface area (Å²) >= 11 is 0. The first kappa shape index (κ1) is 14.2. The molecule has 2 rings (SSSR count). The van der Waals surface area contributed by atoms with Gasteiger partial charge in [-0.25, -0.2) is 0 Å². The lowest BCUT2D eigenvalue weighted by Crippen LogP contribution is -2.47. The summed E-state index contributed by atoms with van der Waals surface area (Å²) in [6.07, 6.45) is -3.23. The minimum atomic E-state index is -1.06. The van der Waals surface area contributed by atoms with Gasteiger partial charge in [-0.3, -0.25) is 0 Å². The Bertz CT molecular complexity index is 273. The maximum atomic E-state index is 10.1. The van der Waals surface area contributed by atoms with Crippen LogP contribution in [0.2, 0.25) is 0 Å². The molecule has 4 atom stereocenters. The Hall–Kier alpha value is -0.240. The minimum absolute atomic E-state index is 0.252. The summed E-state index contributed by atoms with van der Waals surface area (Å²) in [5, 5.41) is 20.2. The molecule has 0 amide bonds. The van der Waals surface area contributed by atoms with Gasteiger partial charge in [0.05, 0.1) is 13.2 Å². The lowest BCUT2D eigenvalue weighted by Gasteiger charge is -2.27. The van der Waals surface area contributed by atoms with Crippen molar-refractivity contribution in [3.63, 3.8) is 0 Å². The molecular weight excluding hydrogens is 240 g/mol. The van der Waals surface area contributed by atoms with Gasteiger partial charge in [0.15, 0.2) is 11.6 Å². The standard InChI is InChI=1S/C12H22O6/c1-11(2)15-5-7(17-11)9(13)10(14)8-6-16-12(3,4)18-8/h7-10,13-14H,5-6H2,1-4H3/t7-,8+,9-,10-/m1/s1. The largest absolute Gasteiger partial charge is 0.387 e. The molecular formula is C12H22O6. The van der Waals surface area contributed by atoms with Crippen molar-refractivity contribution in [2.75, 3.05) is 13.2 Å². The monoisotopic (exact) mass is 262 g/mol. The molecule has 106 valence electrons. The van der Waals surface area contributed by atoms with Gasteiger partial charge in [-0.1, -0.05) is 0 Å². The van der Waals surface area contributed by atoms with Crippen molar-refractivity contribution in [1.82, 2.24) is 0 Å². The van der Waals surface area contributed by atoms with E-state index in [-0.39, 0.29) is 13.2 Å². The second kappa shape index (κ2) is 4.70. The fraction of sp³-hybridized carbons (Fsp3) is 1.00. The Kier molecular flexibility index (Phi) is 3.70. The van der Waals surface area contributed by atoms with Crippen molar-refractivity contribution in [2.45, 2.75) is 63.7 Å². The Morgan fingerprint density at radius 2 is 1.17 bits per heavy atom. The molecule has 18 heavy (non-hydrogen) atoms. The molecule has 0 radical (unpaired) electrons. The summed E-state index contributed by atoms with van der Waals surface area (Å²) in [4.78, 5) is 0. The summed E-state index contributed by atoms with van der Waals surface area (Å²) in [6.45, 7) is 7.58. The lowest BCUT2D eigenvalue weighted by molar-refractivity contribution is -0.183. The predicted molar refractivity (Wildman–Crippen MR) is 61.8 cm³/mol. The maximum Gasteiger partial charge on any atom is 0.163 e. The fourth-order valence-corrected chi connectivity index (χ4v) is 2.21. The molecule has 2 N–H and O–H groups in total. The Morgan fingerprint density at radius 1 is 0.833 bits per heavy atom. The van der Waals surface area contributed by atoms with Crippen LogP contribution < -0.4 is 0 Å².